The molecule has 4 heterocycles. The van der Waals surface area contributed by atoms with E-state index in [2.05, 4.69) is 27.1 Å². The molecule has 0 fully saturated rings. The first-order valence-corrected chi connectivity index (χ1v) is 8.67. The first-order valence-electron chi connectivity index (χ1n) is 7.85. The second kappa shape index (κ2) is 4.83. The molecule has 1 aliphatic carbocycles. The first-order chi connectivity index (χ1) is 11.3. The lowest BCUT2D eigenvalue weighted by Gasteiger charge is -2.17. The first kappa shape index (κ1) is 13.1. The van der Waals surface area contributed by atoms with Crippen molar-refractivity contribution in [1.82, 2.24) is 24.6 Å². The Morgan fingerprint density at radius 1 is 1.22 bits per heavy atom. The minimum absolute atomic E-state index is 0.761. The molecule has 114 valence electrons. The van der Waals surface area contributed by atoms with Crippen LogP contribution in [0, 0.1) is 5.92 Å². The van der Waals surface area contributed by atoms with Gasteiger partial charge in [0.2, 0.25) is 0 Å². The number of aryl methyl sites for hydroxylation is 1. The molecule has 0 aliphatic heterocycles. The van der Waals surface area contributed by atoms with Gasteiger partial charge in [-0.25, -0.2) is 4.98 Å². The Morgan fingerprint density at radius 2 is 2.09 bits per heavy atom. The van der Waals surface area contributed by atoms with Crippen molar-refractivity contribution in [3.63, 3.8) is 0 Å². The molecule has 0 N–H and O–H groups in total. The molecular formula is C17H15N5S. The lowest BCUT2D eigenvalue weighted by Crippen LogP contribution is -2.08. The van der Waals surface area contributed by atoms with Crippen LogP contribution in [0.25, 0.3) is 27.3 Å². The van der Waals surface area contributed by atoms with Crippen LogP contribution in [0.2, 0.25) is 0 Å². The molecule has 4 aromatic heterocycles. The van der Waals surface area contributed by atoms with E-state index in [1.54, 1.807) is 12.4 Å². The van der Waals surface area contributed by atoms with E-state index in [1.165, 1.54) is 22.2 Å². The molecule has 23 heavy (non-hydrogen) atoms. The Balaban J connectivity index is 1.80. The number of thiophene rings is 1. The number of pyridine rings is 1. The lowest BCUT2D eigenvalue weighted by molar-refractivity contribution is 0.509. The fourth-order valence-corrected chi connectivity index (χ4v) is 4.78. The predicted octanol–water partition coefficient (Wildman–Crippen LogP) is 3.53. The average molecular weight is 321 g/mol. The number of aromatic nitrogens is 5. The smallest absolute Gasteiger partial charge is 0.172 e. The van der Waals surface area contributed by atoms with Gasteiger partial charge < -0.3 is 0 Å². The summed E-state index contributed by atoms with van der Waals surface area (Å²) in [6.45, 7) is 2.33. The molecule has 4 aromatic rings. The third-order valence-corrected chi connectivity index (χ3v) is 5.80. The molecule has 0 amide bonds. The van der Waals surface area contributed by atoms with Crippen LogP contribution in [-0.2, 0) is 12.8 Å². The highest BCUT2D eigenvalue weighted by atomic mass is 32.1. The van der Waals surface area contributed by atoms with Gasteiger partial charge in [-0.15, -0.1) is 21.5 Å². The second-order valence-electron chi connectivity index (χ2n) is 6.23. The fourth-order valence-electron chi connectivity index (χ4n) is 3.44. The summed E-state index contributed by atoms with van der Waals surface area (Å²) in [5, 5.41) is 10.1. The van der Waals surface area contributed by atoms with Crippen molar-refractivity contribution in [2.45, 2.75) is 26.2 Å². The number of hydrogen-bond donors (Lipinski definition) is 0. The van der Waals surface area contributed by atoms with E-state index >= 15 is 0 Å². The normalized spacial score (nSPS) is 17.7. The van der Waals surface area contributed by atoms with Crippen LogP contribution in [0.15, 0.2) is 30.9 Å². The summed E-state index contributed by atoms with van der Waals surface area (Å²) in [6.07, 6.45) is 8.92. The van der Waals surface area contributed by atoms with E-state index in [1.807, 2.05) is 34.2 Å². The third kappa shape index (κ3) is 1.91. The summed E-state index contributed by atoms with van der Waals surface area (Å²) in [4.78, 5) is 11.3. The molecule has 0 saturated heterocycles. The van der Waals surface area contributed by atoms with Crippen LogP contribution in [0.1, 0.15) is 23.8 Å². The Labute approximate surface area is 137 Å². The Bertz CT molecular complexity index is 1020. The number of fused-ring (bicyclic) bond motifs is 5. The number of hydrogen-bond acceptors (Lipinski definition) is 5. The minimum atomic E-state index is 0.761. The van der Waals surface area contributed by atoms with Gasteiger partial charge in [-0.1, -0.05) is 6.92 Å². The Morgan fingerprint density at radius 3 is 2.96 bits per heavy atom. The minimum Gasteiger partial charge on any atom is -0.265 e. The van der Waals surface area contributed by atoms with Crippen LogP contribution < -0.4 is 0 Å². The second-order valence-corrected chi connectivity index (χ2v) is 7.31. The molecule has 1 atom stereocenters. The zero-order valence-corrected chi connectivity index (χ0v) is 13.5. The summed E-state index contributed by atoms with van der Waals surface area (Å²) in [5.74, 6) is 1.58. The van der Waals surface area contributed by atoms with Gasteiger partial charge in [0.05, 0.1) is 5.39 Å². The molecule has 1 aliphatic rings. The van der Waals surface area contributed by atoms with E-state index < -0.39 is 0 Å². The molecule has 0 unspecified atom stereocenters. The fraction of sp³-hybridized carbons (Fsp3) is 0.294. The number of nitrogens with zero attached hydrogens (tertiary/aromatic N) is 5. The van der Waals surface area contributed by atoms with E-state index in [0.717, 1.165) is 40.6 Å². The highest BCUT2D eigenvalue weighted by Crippen LogP contribution is 2.39. The summed E-state index contributed by atoms with van der Waals surface area (Å²) in [5.41, 5.74) is 3.37. The molecule has 5 nitrogen and oxygen atoms in total. The van der Waals surface area contributed by atoms with Crippen LogP contribution >= 0.6 is 11.3 Å². The van der Waals surface area contributed by atoms with Crippen molar-refractivity contribution in [3.8, 4) is 11.4 Å². The van der Waals surface area contributed by atoms with Gasteiger partial charge in [0.25, 0.3) is 0 Å². The average Bonchev–Trinajstić information content (AvgIpc) is 3.15. The van der Waals surface area contributed by atoms with Gasteiger partial charge in [0.1, 0.15) is 11.2 Å². The zero-order valence-electron chi connectivity index (χ0n) is 12.7. The van der Waals surface area contributed by atoms with E-state index in [9.17, 15) is 0 Å². The molecule has 6 heteroatoms. The van der Waals surface area contributed by atoms with Gasteiger partial charge >= 0.3 is 0 Å². The summed E-state index contributed by atoms with van der Waals surface area (Å²) < 4.78 is 2.00. The lowest BCUT2D eigenvalue weighted by atomic mass is 9.89. The van der Waals surface area contributed by atoms with Crippen molar-refractivity contribution in [2.24, 2.45) is 5.92 Å². The Kier molecular flexibility index (Phi) is 2.76. The maximum Gasteiger partial charge on any atom is 0.172 e. The van der Waals surface area contributed by atoms with Gasteiger partial charge in [-0.05, 0) is 42.9 Å². The molecule has 0 saturated carbocycles. The number of rotatable bonds is 1. The van der Waals surface area contributed by atoms with Gasteiger partial charge in [-0.3, -0.25) is 9.38 Å². The van der Waals surface area contributed by atoms with Gasteiger partial charge in [0, 0.05) is 22.8 Å². The summed E-state index contributed by atoms with van der Waals surface area (Å²) in [6, 6.07) is 3.90. The van der Waals surface area contributed by atoms with Crippen LogP contribution in [0.4, 0.5) is 0 Å². The van der Waals surface area contributed by atoms with Gasteiger partial charge in [-0.2, -0.15) is 0 Å². The maximum absolute atomic E-state index is 4.68. The van der Waals surface area contributed by atoms with E-state index in [-0.39, 0.29) is 0 Å². The highest BCUT2D eigenvalue weighted by molar-refractivity contribution is 7.19. The van der Waals surface area contributed by atoms with Crippen molar-refractivity contribution in [1.29, 1.82) is 0 Å². The van der Waals surface area contributed by atoms with Crippen molar-refractivity contribution >= 4 is 27.2 Å². The van der Waals surface area contributed by atoms with Crippen LogP contribution in [0.5, 0.6) is 0 Å². The van der Waals surface area contributed by atoms with E-state index in [4.69, 9.17) is 0 Å². The topological polar surface area (TPSA) is 56.0 Å². The van der Waals surface area contributed by atoms with Crippen LogP contribution in [-0.4, -0.2) is 24.6 Å². The molecule has 5 rings (SSSR count). The SMILES string of the molecule is C[C@@H]1CCc2c(sc3ncn4c(-c5ccncc5)nnc4c23)C1. The van der Waals surface area contributed by atoms with Gasteiger partial charge in [0.15, 0.2) is 11.5 Å². The van der Waals surface area contributed by atoms with Crippen molar-refractivity contribution in [3.05, 3.63) is 41.3 Å². The van der Waals surface area contributed by atoms with Crippen molar-refractivity contribution in [2.75, 3.05) is 0 Å². The molecule has 0 aromatic carbocycles. The quantitative estimate of drug-likeness (QED) is 0.538. The zero-order chi connectivity index (χ0) is 15.4. The molecular weight excluding hydrogens is 306 g/mol. The monoisotopic (exact) mass is 321 g/mol. The van der Waals surface area contributed by atoms with Crippen molar-refractivity contribution < 1.29 is 0 Å². The van der Waals surface area contributed by atoms with Crippen LogP contribution in [0.3, 0.4) is 0 Å². The Hall–Kier alpha value is -2.34. The van der Waals surface area contributed by atoms with E-state index in [0.29, 0.717) is 0 Å². The predicted molar refractivity (Wildman–Crippen MR) is 90.6 cm³/mol. The summed E-state index contributed by atoms with van der Waals surface area (Å²) >= 11 is 1.82. The molecule has 0 bridgehead atoms. The highest BCUT2D eigenvalue weighted by Gasteiger charge is 2.23. The summed E-state index contributed by atoms with van der Waals surface area (Å²) in [7, 11) is 0. The maximum atomic E-state index is 4.68. The standard InChI is InChI=1S/C17H15N5S/c1-10-2-3-12-13(8-10)23-17-14(12)16-21-20-15(22(16)9-19-17)11-4-6-18-7-5-11/h4-7,9-10H,2-3,8H2,1H3/t10-/m1/s1. The molecule has 0 spiro atoms. The molecule has 0 radical (unpaired) electrons. The third-order valence-electron chi connectivity index (χ3n) is 4.64. The largest absolute Gasteiger partial charge is 0.265 e.